The maximum Gasteiger partial charge on any atom is 0.320 e. The molecule has 2 aliphatic rings. The van der Waals surface area contributed by atoms with Gasteiger partial charge in [0.15, 0.2) is 0 Å². The molecule has 0 aromatic rings. The number of fused-ring (bicyclic) bond motifs is 2. The zero-order valence-electron chi connectivity index (χ0n) is 10.7. The van der Waals surface area contributed by atoms with Crippen molar-refractivity contribution in [2.45, 2.75) is 36.0 Å². The number of carbonyl (C=O) groups is 2. The average Bonchev–Trinajstić information content (AvgIpc) is 2.97. The standard InChI is InChI=1S/C13H20INO3/c1-18-13(17)11(14)7-15-12(16)6-10-5-8-2-3-9(10)4-8/h8-11H,2-7H2,1H3,(H,15,16). The van der Waals surface area contributed by atoms with Gasteiger partial charge in [-0.05, 0) is 37.0 Å². The van der Waals surface area contributed by atoms with Crippen LogP contribution in [0.2, 0.25) is 0 Å². The first-order valence-electron chi connectivity index (χ1n) is 6.58. The van der Waals surface area contributed by atoms with Crippen LogP contribution in [0, 0.1) is 17.8 Å². The Balaban J connectivity index is 1.68. The quantitative estimate of drug-likeness (QED) is 0.460. The van der Waals surface area contributed by atoms with E-state index in [0.29, 0.717) is 18.9 Å². The fourth-order valence-corrected chi connectivity index (χ4v) is 3.83. The van der Waals surface area contributed by atoms with E-state index in [4.69, 9.17) is 0 Å². The van der Waals surface area contributed by atoms with Gasteiger partial charge in [0.1, 0.15) is 3.92 Å². The first-order chi connectivity index (χ1) is 8.60. The molecule has 4 atom stereocenters. The molecule has 102 valence electrons. The zero-order chi connectivity index (χ0) is 13.1. The van der Waals surface area contributed by atoms with Crippen LogP contribution in [0.25, 0.3) is 0 Å². The van der Waals surface area contributed by atoms with Crippen molar-refractivity contribution in [2.75, 3.05) is 13.7 Å². The Hall–Kier alpha value is -0.330. The second kappa shape index (κ2) is 6.21. The number of alkyl halides is 1. The van der Waals surface area contributed by atoms with Crippen molar-refractivity contribution in [3.8, 4) is 0 Å². The second-order valence-electron chi connectivity index (χ2n) is 5.43. The topological polar surface area (TPSA) is 55.4 Å². The Kier molecular flexibility index (Phi) is 4.86. The number of hydrogen-bond donors (Lipinski definition) is 1. The predicted octanol–water partition coefficient (Wildman–Crippen LogP) is 1.91. The number of hydrogen-bond acceptors (Lipinski definition) is 3. The van der Waals surface area contributed by atoms with E-state index in [1.807, 2.05) is 22.6 Å². The molecule has 0 heterocycles. The summed E-state index contributed by atoms with van der Waals surface area (Å²) in [6, 6.07) is 0. The summed E-state index contributed by atoms with van der Waals surface area (Å²) in [5.41, 5.74) is 0. The molecular formula is C13H20INO3. The van der Waals surface area contributed by atoms with Gasteiger partial charge >= 0.3 is 5.97 Å². The average molecular weight is 365 g/mol. The molecule has 5 heteroatoms. The molecule has 0 aromatic heterocycles. The maximum absolute atomic E-state index is 11.8. The largest absolute Gasteiger partial charge is 0.468 e. The molecule has 2 fully saturated rings. The summed E-state index contributed by atoms with van der Waals surface area (Å²) in [5.74, 6) is 2.03. The van der Waals surface area contributed by atoms with Crippen molar-refractivity contribution in [3.05, 3.63) is 0 Å². The third-order valence-corrected chi connectivity index (χ3v) is 5.22. The number of carbonyl (C=O) groups excluding carboxylic acids is 2. The molecule has 18 heavy (non-hydrogen) atoms. The second-order valence-corrected chi connectivity index (χ2v) is 6.94. The zero-order valence-corrected chi connectivity index (χ0v) is 12.8. The number of esters is 1. The van der Waals surface area contributed by atoms with Crippen LogP contribution in [0.3, 0.4) is 0 Å². The lowest BCUT2D eigenvalue weighted by atomic mass is 9.86. The first kappa shape index (κ1) is 14.1. The van der Waals surface area contributed by atoms with Gasteiger partial charge in [-0.25, -0.2) is 0 Å². The highest BCUT2D eigenvalue weighted by atomic mass is 127. The smallest absolute Gasteiger partial charge is 0.320 e. The summed E-state index contributed by atoms with van der Waals surface area (Å²) in [4.78, 5) is 23.0. The lowest BCUT2D eigenvalue weighted by molar-refractivity contribution is -0.139. The van der Waals surface area contributed by atoms with Gasteiger partial charge in [-0.3, -0.25) is 9.59 Å². The summed E-state index contributed by atoms with van der Waals surface area (Å²) in [7, 11) is 1.37. The summed E-state index contributed by atoms with van der Waals surface area (Å²) >= 11 is 1.99. The molecule has 0 radical (unpaired) electrons. The van der Waals surface area contributed by atoms with Crippen LogP contribution in [-0.2, 0) is 14.3 Å². The van der Waals surface area contributed by atoms with Gasteiger partial charge in [-0.2, -0.15) is 0 Å². The van der Waals surface area contributed by atoms with Crippen LogP contribution in [0.4, 0.5) is 0 Å². The Bertz CT molecular complexity index is 334. The lowest BCUT2D eigenvalue weighted by Crippen LogP contribution is -2.35. The first-order valence-corrected chi connectivity index (χ1v) is 7.83. The Morgan fingerprint density at radius 1 is 1.39 bits per heavy atom. The van der Waals surface area contributed by atoms with E-state index in [-0.39, 0.29) is 15.8 Å². The van der Waals surface area contributed by atoms with E-state index in [9.17, 15) is 9.59 Å². The minimum atomic E-state index is -0.295. The molecule has 0 saturated heterocycles. The van der Waals surface area contributed by atoms with Gasteiger partial charge in [-0.1, -0.05) is 29.0 Å². The van der Waals surface area contributed by atoms with Crippen molar-refractivity contribution in [1.29, 1.82) is 0 Å². The third kappa shape index (κ3) is 3.36. The lowest BCUT2D eigenvalue weighted by Gasteiger charge is -2.21. The number of nitrogens with one attached hydrogen (secondary N) is 1. The van der Waals surface area contributed by atoms with Crippen LogP contribution in [0.15, 0.2) is 0 Å². The van der Waals surface area contributed by atoms with Gasteiger partial charge in [0.2, 0.25) is 5.91 Å². The molecule has 2 rings (SSSR count). The Morgan fingerprint density at radius 3 is 2.72 bits per heavy atom. The van der Waals surface area contributed by atoms with Crippen LogP contribution < -0.4 is 5.32 Å². The van der Waals surface area contributed by atoms with Crippen LogP contribution in [-0.4, -0.2) is 29.5 Å². The molecule has 0 aliphatic heterocycles. The van der Waals surface area contributed by atoms with E-state index < -0.39 is 0 Å². The molecule has 0 spiro atoms. The molecule has 4 nitrogen and oxygen atoms in total. The van der Waals surface area contributed by atoms with Crippen molar-refractivity contribution >= 4 is 34.5 Å². The van der Waals surface area contributed by atoms with Crippen molar-refractivity contribution in [2.24, 2.45) is 17.8 Å². The van der Waals surface area contributed by atoms with E-state index in [0.717, 1.165) is 11.8 Å². The SMILES string of the molecule is COC(=O)C(I)CNC(=O)CC1CC2CCC1C2. The van der Waals surface area contributed by atoms with Gasteiger partial charge in [0.25, 0.3) is 0 Å². The van der Waals surface area contributed by atoms with Gasteiger partial charge < -0.3 is 10.1 Å². The fourth-order valence-electron chi connectivity index (χ4n) is 3.35. The highest BCUT2D eigenvalue weighted by Gasteiger charge is 2.40. The number of rotatable bonds is 5. The number of amides is 1. The maximum atomic E-state index is 11.8. The van der Waals surface area contributed by atoms with Crippen molar-refractivity contribution in [3.63, 3.8) is 0 Å². The minimum absolute atomic E-state index is 0.0816. The molecule has 2 saturated carbocycles. The van der Waals surface area contributed by atoms with E-state index >= 15 is 0 Å². The summed E-state index contributed by atoms with van der Waals surface area (Å²) in [6.07, 6.45) is 5.85. The Morgan fingerprint density at radius 2 is 2.17 bits per heavy atom. The van der Waals surface area contributed by atoms with Gasteiger partial charge in [-0.15, -0.1) is 0 Å². The van der Waals surface area contributed by atoms with E-state index in [1.54, 1.807) is 0 Å². The minimum Gasteiger partial charge on any atom is -0.468 e. The highest BCUT2D eigenvalue weighted by molar-refractivity contribution is 14.1. The van der Waals surface area contributed by atoms with Crippen LogP contribution in [0.5, 0.6) is 0 Å². The Labute approximate surface area is 121 Å². The summed E-state index contributed by atoms with van der Waals surface area (Å²) in [5, 5.41) is 2.84. The molecule has 1 N–H and O–H groups in total. The number of halogens is 1. The van der Waals surface area contributed by atoms with Crippen LogP contribution in [0.1, 0.15) is 32.1 Å². The van der Waals surface area contributed by atoms with Crippen molar-refractivity contribution in [1.82, 2.24) is 5.32 Å². The van der Waals surface area contributed by atoms with Gasteiger partial charge in [0.05, 0.1) is 7.11 Å². The highest BCUT2D eigenvalue weighted by Crippen LogP contribution is 2.49. The normalized spacial score (nSPS) is 31.1. The third-order valence-electron chi connectivity index (χ3n) is 4.27. The molecular weight excluding hydrogens is 345 g/mol. The van der Waals surface area contributed by atoms with Gasteiger partial charge in [0, 0.05) is 13.0 Å². The molecule has 0 aromatic carbocycles. The van der Waals surface area contributed by atoms with E-state index in [1.165, 1.54) is 32.8 Å². The molecule has 1 amide bonds. The molecule has 2 aliphatic carbocycles. The van der Waals surface area contributed by atoms with E-state index in [2.05, 4.69) is 10.1 Å². The monoisotopic (exact) mass is 365 g/mol. The molecule has 2 bridgehead atoms. The summed E-state index contributed by atoms with van der Waals surface area (Å²) in [6.45, 7) is 0.368. The number of methoxy groups -OCH3 is 1. The predicted molar refractivity (Wildman–Crippen MR) is 76.4 cm³/mol. The fraction of sp³-hybridized carbons (Fsp3) is 0.846. The van der Waals surface area contributed by atoms with Crippen molar-refractivity contribution < 1.29 is 14.3 Å². The number of ether oxygens (including phenoxy) is 1. The van der Waals surface area contributed by atoms with Crippen LogP contribution >= 0.6 is 22.6 Å². The summed E-state index contributed by atoms with van der Waals surface area (Å²) < 4.78 is 4.33. The molecule has 4 unspecified atom stereocenters.